The Balaban J connectivity index is 1.39. The maximum atomic E-state index is 12.4. The second kappa shape index (κ2) is 7.80. The lowest BCUT2D eigenvalue weighted by molar-refractivity contribution is -0.121. The van der Waals surface area contributed by atoms with Gasteiger partial charge < -0.3 is 14.8 Å². The minimum Gasteiger partial charge on any atom is -0.486 e. The molecule has 0 bridgehead atoms. The van der Waals surface area contributed by atoms with Crippen molar-refractivity contribution in [2.24, 2.45) is 0 Å². The number of rotatable bonds is 5. The summed E-state index contributed by atoms with van der Waals surface area (Å²) < 4.78 is 11.2. The molecule has 0 fully saturated rings. The van der Waals surface area contributed by atoms with Crippen LogP contribution in [0.5, 0.6) is 11.5 Å². The SMILES string of the molecule is C[C@H](NC(=O)Cc1csc(-c2ccccc2)n1)c1ccc2c(c1)OCCO2. The number of nitrogens with zero attached hydrogens (tertiary/aromatic N) is 1. The summed E-state index contributed by atoms with van der Waals surface area (Å²) in [6, 6.07) is 15.6. The van der Waals surface area contributed by atoms with Gasteiger partial charge in [-0.25, -0.2) is 4.98 Å². The van der Waals surface area contributed by atoms with Gasteiger partial charge in [-0.15, -0.1) is 11.3 Å². The van der Waals surface area contributed by atoms with Gasteiger partial charge in [0.1, 0.15) is 18.2 Å². The Hall–Kier alpha value is -2.86. The third kappa shape index (κ3) is 4.11. The largest absolute Gasteiger partial charge is 0.486 e. The van der Waals surface area contributed by atoms with Crippen molar-refractivity contribution >= 4 is 17.2 Å². The number of fused-ring (bicyclic) bond motifs is 1. The first kappa shape index (κ1) is 17.5. The number of carbonyl (C=O) groups excluding carboxylic acids is 1. The quantitative estimate of drug-likeness (QED) is 0.727. The molecule has 1 amide bonds. The molecule has 1 aliphatic heterocycles. The number of amides is 1. The van der Waals surface area contributed by atoms with E-state index in [0.717, 1.165) is 33.3 Å². The monoisotopic (exact) mass is 380 g/mol. The predicted octanol–water partition coefficient (Wildman–Crippen LogP) is 4.00. The maximum Gasteiger partial charge on any atom is 0.226 e. The lowest BCUT2D eigenvalue weighted by atomic mass is 10.1. The number of ether oxygens (including phenoxy) is 2. The second-order valence-corrected chi connectivity index (χ2v) is 7.24. The lowest BCUT2D eigenvalue weighted by Crippen LogP contribution is -2.28. The molecule has 4 rings (SSSR count). The summed E-state index contributed by atoms with van der Waals surface area (Å²) in [4.78, 5) is 17.0. The van der Waals surface area contributed by atoms with Gasteiger partial charge in [-0.05, 0) is 24.6 Å². The average molecular weight is 380 g/mol. The number of hydrogen-bond acceptors (Lipinski definition) is 5. The Morgan fingerprint density at radius 3 is 2.74 bits per heavy atom. The molecule has 6 heteroatoms. The van der Waals surface area contributed by atoms with Crippen LogP contribution in [-0.4, -0.2) is 24.1 Å². The second-order valence-electron chi connectivity index (χ2n) is 6.38. The Bertz CT molecular complexity index is 940. The normalized spacial score (nSPS) is 13.8. The van der Waals surface area contributed by atoms with Crippen LogP contribution in [0.1, 0.15) is 24.2 Å². The highest BCUT2D eigenvalue weighted by molar-refractivity contribution is 7.13. The van der Waals surface area contributed by atoms with E-state index in [0.29, 0.717) is 13.2 Å². The molecule has 2 aromatic carbocycles. The van der Waals surface area contributed by atoms with Gasteiger partial charge in [0.15, 0.2) is 11.5 Å². The zero-order valence-electron chi connectivity index (χ0n) is 15.0. The number of carbonyl (C=O) groups is 1. The van der Waals surface area contributed by atoms with Crippen LogP contribution in [0.4, 0.5) is 0 Å². The van der Waals surface area contributed by atoms with Crippen molar-refractivity contribution < 1.29 is 14.3 Å². The van der Waals surface area contributed by atoms with Crippen molar-refractivity contribution in [2.75, 3.05) is 13.2 Å². The zero-order chi connectivity index (χ0) is 18.6. The number of nitrogens with one attached hydrogen (secondary N) is 1. The summed E-state index contributed by atoms with van der Waals surface area (Å²) in [6.07, 6.45) is 0.262. The Morgan fingerprint density at radius 1 is 1.15 bits per heavy atom. The van der Waals surface area contributed by atoms with Gasteiger partial charge in [-0.1, -0.05) is 36.4 Å². The van der Waals surface area contributed by atoms with Crippen LogP contribution in [0.2, 0.25) is 0 Å². The van der Waals surface area contributed by atoms with E-state index >= 15 is 0 Å². The number of hydrogen-bond donors (Lipinski definition) is 1. The molecular formula is C21H20N2O3S. The van der Waals surface area contributed by atoms with Gasteiger partial charge in [0.2, 0.25) is 5.91 Å². The van der Waals surface area contributed by atoms with Gasteiger partial charge in [-0.2, -0.15) is 0 Å². The fourth-order valence-electron chi connectivity index (χ4n) is 2.97. The Labute approximate surface area is 162 Å². The molecule has 1 aromatic heterocycles. The summed E-state index contributed by atoms with van der Waals surface area (Å²) in [7, 11) is 0. The number of benzene rings is 2. The smallest absolute Gasteiger partial charge is 0.226 e. The van der Waals surface area contributed by atoms with Crippen LogP contribution in [-0.2, 0) is 11.2 Å². The summed E-state index contributed by atoms with van der Waals surface area (Å²) >= 11 is 1.55. The minimum absolute atomic E-state index is 0.0534. The fourth-order valence-corrected chi connectivity index (χ4v) is 3.80. The van der Waals surface area contributed by atoms with Crippen LogP contribution >= 0.6 is 11.3 Å². The van der Waals surface area contributed by atoms with E-state index in [1.807, 2.05) is 60.8 Å². The number of thiazole rings is 1. The summed E-state index contributed by atoms with van der Waals surface area (Å²) in [5, 5.41) is 5.90. The molecule has 1 N–H and O–H groups in total. The maximum absolute atomic E-state index is 12.4. The summed E-state index contributed by atoms with van der Waals surface area (Å²) in [5.41, 5.74) is 2.83. The van der Waals surface area contributed by atoms with Crippen molar-refractivity contribution in [3.8, 4) is 22.1 Å². The average Bonchev–Trinajstić information content (AvgIpc) is 3.16. The molecular weight excluding hydrogens is 360 g/mol. The van der Waals surface area contributed by atoms with E-state index < -0.39 is 0 Å². The van der Waals surface area contributed by atoms with Crippen molar-refractivity contribution in [3.05, 3.63) is 65.2 Å². The third-order valence-electron chi connectivity index (χ3n) is 4.36. The predicted molar refractivity (Wildman–Crippen MR) is 105 cm³/mol. The lowest BCUT2D eigenvalue weighted by Gasteiger charge is -2.21. The van der Waals surface area contributed by atoms with Gasteiger partial charge in [-0.3, -0.25) is 4.79 Å². The first-order valence-electron chi connectivity index (χ1n) is 8.88. The third-order valence-corrected chi connectivity index (χ3v) is 5.30. The van der Waals surface area contributed by atoms with E-state index in [-0.39, 0.29) is 18.4 Å². The van der Waals surface area contributed by atoms with Gasteiger partial charge in [0.25, 0.3) is 0 Å². The first-order valence-corrected chi connectivity index (χ1v) is 9.76. The topological polar surface area (TPSA) is 60.5 Å². The molecule has 0 saturated heterocycles. The van der Waals surface area contributed by atoms with E-state index in [2.05, 4.69) is 10.3 Å². The summed E-state index contributed by atoms with van der Waals surface area (Å²) in [5.74, 6) is 1.42. The molecule has 3 aromatic rings. The first-order chi connectivity index (χ1) is 13.2. The summed E-state index contributed by atoms with van der Waals surface area (Å²) in [6.45, 7) is 3.07. The molecule has 0 saturated carbocycles. The Kier molecular flexibility index (Phi) is 5.07. The standard InChI is InChI=1S/C21H20N2O3S/c1-14(16-7-8-18-19(11-16)26-10-9-25-18)22-20(24)12-17-13-27-21(23-17)15-5-3-2-4-6-15/h2-8,11,13-14H,9-10,12H2,1H3,(H,22,24)/t14-/m0/s1. The van der Waals surface area contributed by atoms with Crippen LogP contribution < -0.4 is 14.8 Å². The van der Waals surface area contributed by atoms with Crippen molar-refractivity contribution in [2.45, 2.75) is 19.4 Å². The highest BCUT2D eigenvalue weighted by Crippen LogP contribution is 2.32. The zero-order valence-corrected chi connectivity index (χ0v) is 15.8. The van der Waals surface area contributed by atoms with Crippen LogP contribution in [0.15, 0.2) is 53.9 Å². The van der Waals surface area contributed by atoms with Crippen molar-refractivity contribution in [1.29, 1.82) is 0 Å². The molecule has 5 nitrogen and oxygen atoms in total. The molecule has 2 heterocycles. The van der Waals surface area contributed by atoms with Gasteiger partial charge >= 0.3 is 0 Å². The minimum atomic E-state index is -0.124. The molecule has 138 valence electrons. The van der Waals surface area contributed by atoms with Crippen molar-refractivity contribution in [3.63, 3.8) is 0 Å². The fraction of sp³-hybridized carbons (Fsp3) is 0.238. The van der Waals surface area contributed by atoms with E-state index in [1.165, 1.54) is 0 Å². The molecule has 1 atom stereocenters. The molecule has 1 aliphatic rings. The van der Waals surface area contributed by atoms with Crippen LogP contribution in [0.25, 0.3) is 10.6 Å². The molecule has 0 radical (unpaired) electrons. The van der Waals surface area contributed by atoms with E-state index in [1.54, 1.807) is 11.3 Å². The molecule has 0 unspecified atom stereocenters. The van der Waals surface area contributed by atoms with Crippen LogP contribution in [0, 0.1) is 0 Å². The highest BCUT2D eigenvalue weighted by atomic mass is 32.1. The van der Waals surface area contributed by atoms with Gasteiger partial charge in [0, 0.05) is 10.9 Å². The Morgan fingerprint density at radius 2 is 1.93 bits per heavy atom. The van der Waals surface area contributed by atoms with Crippen LogP contribution in [0.3, 0.4) is 0 Å². The molecule has 0 spiro atoms. The van der Waals surface area contributed by atoms with Crippen molar-refractivity contribution in [1.82, 2.24) is 10.3 Å². The molecule has 0 aliphatic carbocycles. The van der Waals surface area contributed by atoms with E-state index in [4.69, 9.17) is 9.47 Å². The highest BCUT2D eigenvalue weighted by Gasteiger charge is 2.16. The molecule has 27 heavy (non-hydrogen) atoms. The van der Waals surface area contributed by atoms with E-state index in [9.17, 15) is 4.79 Å². The van der Waals surface area contributed by atoms with Gasteiger partial charge in [0.05, 0.1) is 18.2 Å². The number of aromatic nitrogens is 1.